The van der Waals surface area contributed by atoms with Crippen molar-refractivity contribution in [3.63, 3.8) is 0 Å². The van der Waals surface area contributed by atoms with Gasteiger partial charge >= 0.3 is 0 Å². The van der Waals surface area contributed by atoms with E-state index in [0.29, 0.717) is 5.56 Å². The minimum absolute atomic E-state index is 0.0941. The molecule has 0 unspecified atom stereocenters. The standard InChI is InChI=1S/C15H12O3/c16-13-9-5-4-8-12(13)15(18)10-14(17)11-6-2-1-3-7-11/h1-9,16H,10H2. The summed E-state index contributed by atoms with van der Waals surface area (Å²) in [4.78, 5) is 23.7. The third-order valence-corrected chi connectivity index (χ3v) is 2.62. The molecule has 0 bridgehead atoms. The van der Waals surface area contributed by atoms with Crippen LogP contribution in [0, 0.1) is 0 Å². The summed E-state index contributed by atoms with van der Waals surface area (Å²) >= 11 is 0. The van der Waals surface area contributed by atoms with Gasteiger partial charge in [0.25, 0.3) is 0 Å². The Labute approximate surface area is 105 Å². The monoisotopic (exact) mass is 240 g/mol. The van der Waals surface area contributed by atoms with Gasteiger partial charge < -0.3 is 5.11 Å². The van der Waals surface area contributed by atoms with Crippen molar-refractivity contribution in [3.05, 3.63) is 65.7 Å². The number of benzene rings is 2. The number of carbonyl (C=O) groups excluding carboxylic acids is 2. The number of para-hydroxylation sites is 1. The number of carbonyl (C=O) groups is 2. The van der Waals surface area contributed by atoms with Crippen LogP contribution in [0.4, 0.5) is 0 Å². The first-order valence-electron chi connectivity index (χ1n) is 5.58. The van der Waals surface area contributed by atoms with Gasteiger partial charge in [-0.25, -0.2) is 0 Å². The zero-order valence-corrected chi connectivity index (χ0v) is 9.67. The number of hydrogen-bond acceptors (Lipinski definition) is 3. The molecular weight excluding hydrogens is 228 g/mol. The fraction of sp³-hybridized carbons (Fsp3) is 0.0667. The molecule has 0 spiro atoms. The topological polar surface area (TPSA) is 54.4 Å². The van der Waals surface area contributed by atoms with Gasteiger partial charge in [-0.15, -0.1) is 0 Å². The zero-order valence-electron chi connectivity index (χ0n) is 9.67. The summed E-state index contributed by atoms with van der Waals surface area (Å²) in [5.74, 6) is -0.714. The van der Waals surface area contributed by atoms with Gasteiger partial charge in [0.1, 0.15) is 5.75 Å². The number of phenolic OH excluding ortho intramolecular Hbond substituents is 1. The molecule has 3 nitrogen and oxygen atoms in total. The summed E-state index contributed by atoms with van der Waals surface area (Å²) in [6, 6.07) is 14.9. The maximum Gasteiger partial charge on any atom is 0.174 e. The molecule has 0 radical (unpaired) electrons. The highest BCUT2D eigenvalue weighted by molar-refractivity contribution is 6.14. The molecule has 0 amide bonds. The first-order valence-corrected chi connectivity index (χ1v) is 5.58. The van der Waals surface area contributed by atoms with E-state index in [4.69, 9.17) is 0 Å². The van der Waals surface area contributed by atoms with Crippen molar-refractivity contribution in [3.8, 4) is 5.75 Å². The number of phenols is 1. The van der Waals surface area contributed by atoms with Crippen molar-refractivity contribution in [2.75, 3.05) is 0 Å². The summed E-state index contributed by atoms with van der Waals surface area (Å²) in [7, 11) is 0. The minimum atomic E-state index is -0.373. The highest BCUT2D eigenvalue weighted by atomic mass is 16.3. The molecule has 0 saturated heterocycles. The molecule has 0 heterocycles. The van der Waals surface area contributed by atoms with E-state index in [1.807, 2.05) is 6.07 Å². The van der Waals surface area contributed by atoms with Crippen molar-refractivity contribution in [1.29, 1.82) is 0 Å². The second kappa shape index (κ2) is 5.27. The highest BCUT2D eigenvalue weighted by Gasteiger charge is 2.15. The Morgan fingerprint density at radius 3 is 2.11 bits per heavy atom. The number of hydrogen-bond donors (Lipinski definition) is 1. The van der Waals surface area contributed by atoms with E-state index in [9.17, 15) is 14.7 Å². The van der Waals surface area contributed by atoms with Gasteiger partial charge in [0, 0.05) is 5.56 Å². The van der Waals surface area contributed by atoms with E-state index < -0.39 is 0 Å². The van der Waals surface area contributed by atoms with Crippen LogP contribution in [0.5, 0.6) is 5.75 Å². The molecule has 1 N–H and O–H groups in total. The van der Waals surface area contributed by atoms with Gasteiger partial charge in [-0.3, -0.25) is 9.59 Å². The Balaban J connectivity index is 2.14. The number of aromatic hydroxyl groups is 1. The fourth-order valence-electron chi connectivity index (χ4n) is 1.68. The molecule has 0 aliphatic heterocycles. The molecular formula is C15H12O3. The largest absolute Gasteiger partial charge is 0.507 e. The van der Waals surface area contributed by atoms with Crippen LogP contribution in [0.15, 0.2) is 54.6 Å². The summed E-state index contributed by atoms with van der Waals surface area (Å²) in [5.41, 5.74) is 0.683. The second-order valence-corrected chi connectivity index (χ2v) is 3.91. The average Bonchev–Trinajstić information content (AvgIpc) is 2.40. The van der Waals surface area contributed by atoms with Gasteiger partial charge in [0.2, 0.25) is 0 Å². The fourth-order valence-corrected chi connectivity index (χ4v) is 1.68. The van der Waals surface area contributed by atoms with Gasteiger partial charge in [-0.1, -0.05) is 42.5 Å². The van der Waals surface area contributed by atoms with Crippen molar-refractivity contribution < 1.29 is 14.7 Å². The number of rotatable bonds is 4. The van der Waals surface area contributed by atoms with Gasteiger partial charge in [0.15, 0.2) is 11.6 Å². The van der Waals surface area contributed by atoms with Crippen LogP contribution in [-0.2, 0) is 0 Å². The van der Waals surface area contributed by atoms with Crippen LogP contribution in [0.25, 0.3) is 0 Å². The highest BCUT2D eigenvalue weighted by Crippen LogP contribution is 2.18. The zero-order chi connectivity index (χ0) is 13.0. The molecule has 90 valence electrons. The third-order valence-electron chi connectivity index (χ3n) is 2.62. The molecule has 0 aliphatic rings. The molecule has 0 saturated carbocycles. The lowest BCUT2D eigenvalue weighted by atomic mass is 10.0. The predicted molar refractivity (Wildman–Crippen MR) is 67.8 cm³/mol. The predicted octanol–water partition coefficient (Wildman–Crippen LogP) is 2.85. The molecule has 0 atom stereocenters. The SMILES string of the molecule is O=C(CC(=O)c1ccccc1O)c1ccccc1. The first kappa shape index (κ1) is 12.0. The lowest BCUT2D eigenvalue weighted by Crippen LogP contribution is -2.08. The van der Waals surface area contributed by atoms with Crippen molar-refractivity contribution in [1.82, 2.24) is 0 Å². The van der Waals surface area contributed by atoms with Crippen molar-refractivity contribution in [2.45, 2.75) is 6.42 Å². The van der Waals surface area contributed by atoms with Crippen molar-refractivity contribution in [2.24, 2.45) is 0 Å². The van der Waals surface area contributed by atoms with Gasteiger partial charge in [0.05, 0.1) is 12.0 Å². The van der Waals surface area contributed by atoms with Crippen molar-refractivity contribution >= 4 is 11.6 Å². The quantitative estimate of drug-likeness (QED) is 0.660. The first-order chi connectivity index (χ1) is 8.68. The molecule has 0 aliphatic carbocycles. The van der Waals surface area contributed by atoms with E-state index >= 15 is 0 Å². The van der Waals surface area contributed by atoms with Gasteiger partial charge in [-0.2, -0.15) is 0 Å². The maximum atomic E-state index is 11.9. The smallest absolute Gasteiger partial charge is 0.174 e. The summed E-state index contributed by atoms with van der Waals surface area (Å²) in [5, 5.41) is 9.53. The summed E-state index contributed by atoms with van der Waals surface area (Å²) in [6.45, 7) is 0. The van der Waals surface area contributed by atoms with Crippen LogP contribution < -0.4 is 0 Å². The van der Waals surface area contributed by atoms with Crippen LogP contribution in [0.1, 0.15) is 27.1 Å². The summed E-state index contributed by atoms with van der Waals surface area (Å²) in [6.07, 6.45) is -0.235. The molecule has 2 rings (SSSR count). The molecule has 0 aromatic heterocycles. The Bertz CT molecular complexity index is 573. The maximum absolute atomic E-state index is 11.9. The van der Waals surface area contributed by atoms with Crippen LogP contribution in [0.3, 0.4) is 0 Å². The second-order valence-electron chi connectivity index (χ2n) is 3.91. The molecule has 0 fully saturated rings. The molecule has 3 heteroatoms. The average molecular weight is 240 g/mol. The lowest BCUT2D eigenvalue weighted by molar-refractivity contribution is 0.0893. The lowest BCUT2D eigenvalue weighted by Gasteiger charge is -2.03. The normalized spacial score (nSPS) is 10.0. The van der Waals surface area contributed by atoms with E-state index in [1.54, 1.807) is 36.4 Å². The van der Waals surface area contributed by atoms with Crippen LogP contribution in [-0.4, -0.2) is 16.7 Å². The molecule has 18 heavy (non-hydrogen) atoms. The van der Waals surface area contributed by atoms with Crippen LogP contribution >= 0.6 is 0 Å². The van der Waals surface area contributed by atoms with E-state index in [2.05, 4.69) is 0 Å². The Morgan fingerprint density at radius 1 is 0.833 bits per heavy atom. The Kier molecular flexibility index (Phi) is 3.53. The summed E-state index contributed by atoms with van der Waals surface area (Å²) < 4.78 is 0. The van der Waals surface area contributed by atoms with E-state index in [1.165, 1.54) is 12.1 Å². The minimum Gasteiger partial charge on any atom is -0.507 e. The number of ketones is 2. The van der Waals surface area contributed by atoms with Crippen LogP contribution in [0.2, 0.25) is 0 Å². The van der Waals surface area contributed by atoms with E-state index in [0.717, 1.165) is 0 Å². The Hall–Kier alpha value is -2.42. The third kappa shape index (κ3) is 2.63. The van der Waals surface area contributed by atoms with Gasteiger partial charge in [-0.05, 0) is 12.1 Å². The molecule has 2 aromatic carbocycles. The number of Topliss-reactive ketones (excluding diaryl/α,β-unsaturated/α-hetero) is 2. The molecule has 2 aromatic rings. The van der Waals surface area contributed by atoms with E-state index in [-0.39, 0.29) is 29.3 Å². The Morgan fingerprint density at radius 2 is 1.44 bits per heavy atom.